The molecule has 1 atom stereocenters. The van der Waals surface area contributed by atoms with Crippen LogP contribution in [-0.4, -0.2) is 72.9 Å². The number of carbonyl (C=O) groups excluding carboxylic acids is 2. The average Bonchev–Trinajstić information content (AvgIpc) is 2.93. The summed E-state index contributed by atoms with van der Waals surface area (Å²) in [5.41, 5.74) is 0. The second kappa shape index (κ2) is 14.2. The first-order chi connectivity index (χ1) is 13.5. The van der Waals surface area contributed by atoms with Crippen LogP contribution in [0.5, 0.6) is 0 Å². The first-order valence-electron chi connectivity index (χ1n) is 11.1. The third-order valence-electron chi connectivity index (χ3n) is 5.67. The van der Waals surface area contributed by atoms with E-state index in [-0.39, 0.29) is 35.8 Å². The molecular weight excluding hydrogens is 481 g/mol. The highest BCUT2D eigenvalue weighted by Crippen LogP contribution is 2.18. The predicted octanol–water partition coefficient (Wildman–Crippen LogP) is 2.60. The lowest BCUT2D eigenvalue weighted by Crippen LogP contribution is -2.47. The van der Waals surface area contributed by atoms with Gasteiger partial charge in [-0.05, 0) is 45.2 Å². The average molecular weight is 521 g/mol. The lowest BCUT2D eigenvalue weighted by molar-refractivity contribution is -0.147. The molecule has 0 saturated carbocycles. The molecule has 2 aliphatic heterocycles. The number of carbonyl (C=O) groups is 2. The van der Waals surface area contributed by atoms with Crippen LogP contribution in [-0.2, 0) is 9.59 Å². The molecule has 2 saturated heterocycles. The number of hydrogen-bond donors (Lipinski definition) is 2. The first-order valence-corrected chi connectivity index (χ1v) is 11.1. The van der Waals surface area contributed by atoms with Crippen molar-refractivity contribution in [1.29, 1.82) is 0 Å². The van der Waals surface area contributed by atoms with E-state index in [4.69, 9.17) is 4.99 Å². The maximum absolute atomic E-state index is 11.9. The molecule has 2 fully saturated rings. The van der Waals surface area contributed by atoms with Crippen molar-refractivity contribution in [2.24, 2.45) is 10.9 Å². The molecule has 168 valence electrons. The van der Waals surface area contributed by atoms with E-state index in [2.05, 4.69) is 29.4 Å². The van der Waals surface area contributed by atoms with E-state index in [1.807, 2.05) is 6.92 Å². The Hall–Kier alpha value is -0.900. The van der Waals surface area contributed by atoms with Gasteiger partial charge in [0.1, 0.15) is 0 Å². The van der Waals surface area contributed by atoms with Crippen molar-refractivity contribution >= 4 is 41.8 Å². The number of imide groups is 1. The number of likely N-dealkylation sites (tertiary alicyclic amines) is 2. The lowest BCUT2D eigenvalue weighted by atomic mass is 10.0. The van der Waals surface area contributed by atoms with Gasteiger partial charge in [0.05, 0.1) is 6.54 Å². The molecule has 8 heteroatoms. The highest BCUT2D eigenvalue weighted by atomic mass is 127. The minimum atomic E-state index is -0.0546. The summed E-state index contributed by atoms with van der Waals surface area (Å²) in [5.74, 6) is 1.20. The molecule has 2 amide bonds. The summed E-state index contributed by atoms with van der Waals surface area (Å²) < 4.78 is 0. The van der Waals surface area contributed by atoms with Crippen molar-refractivity contribution in [3.63, 3.8) is 0 Å². The Bertz CT molecular complexity index is 517. The quantitative estimate of drug-likeness (QED) is 0.222. The third-order valence-corrected chi connectivity index (χ3v) is 5.67. The van der Waals surface area contributed by atoms with Crippen LogP contribution in [0.25, 0.3) is 0 Å². The van der Waals surface area contributed by atoms with E-state index in [0.717, 1.165) is 19.0 Å². The standard InChI is InChI=1S/C21H39N5O2.HI/c1-4-22-21(23-12-15-26-19(27)10-9-11-20(26)28)24-16-18(17(2)3)25-13-7-5-6-8-14-25;/h17-18H,4-16H2,1-3H3,(H2,22,23,24);1H. The summed E-state index contributed by atoms with van der Waals surface area (Å²) >= 11 is 0. The van der Waals surface area contributed by atoms with Gasteiger partial charge in [0.15, 0.2) is 5.96 Å². The Kier molecular flexibility index (Phi) is 12.8. The van der Waals surface area contributed by atoms with Crippen LogP contribution >= 0.6 is 24.0 Å². The summed E-state index contributed by atoms with van der Waals surface area (Å²) in [6, 6.07) is 0.443. The molecule has 0 aromatic rings. The van der Waals surface area contributed by atoms with Gasteiger partial charge < -0.3 is 10.6 Å². The largest absolute Gasteiger partial charge is 0.357 e. The second-order valence-corrected chi connectivity index (χ2v) is 8.20. The molecule has 0 bridgehead atoms. The zero-order valence-electron chi connectivity index (χ0n) is 18.4. The fraction of sp³-hybridized carbons (Fsp3) is 0.857. The fourth-order valence-corrected chi connectivity index (χ4v) is 4.04. The van der Waals surface area contributed by atoms with Gasteiger partial charge in [0.25, 0.3) is 0 Å². The normalized spacial score (nSPS) is 20.3. The van der Waals surface area contributed by atoms with Gasteiger partial charge in [-0.2, -0.15) is 0 Å². The van der Waals surface area contributed by atoms with Crippen LogP contribution in [0.1, 0.15) is 65.7 Å². The third kappa shape index (κ3) is 8.78. The zero-order valence-corrected chi connectivity index (χ0v) is 20.7. The van der Waals surface area contributed by atoms with Gasteiger partial charge in [-0.3, -0.25) is 24.4 Å². The van der Waals surface area contributed by atoms with Crippen LogP contribution in [0.4, 0.5) is 0 Å². The monoisotopic (exact) mass is 521 g/mol. The van der Waals surface area contributed by atoms with E-state index in [1.54, 1.807) is 0 Å². The summed E-state index contributed by atoms with van der Waals surface area (Å²) in [4.78, 5) is 32.7. The van der Waals surface area contributed by atoms with E-state index < -0.39 is 0 Å². The second-order valence-electron chi connectivity index (χ2n) is 8.20. The molecule has 0 aromatic carbocycles. The zero-order chi connectivity index (χ0) is 20.4. The lowest BCUT2D eigenvalue weighted by Gasteiger charge is -2.32. The Morgan fingerprint density at radius 3 is 2.17 bits per heavy atom. The molecule has 7 nitrogen and oxygen atoms in total. The van der Waals surface area contributed by atoms with Crippen molar-refractivity contribution in [1.82, 2.24) is 20.4 Å². The number of piperidine rings is 1. The highest BCUT2D eigenvalue weighted by Gasteiger charge is 2.25. The van der Waals surface area contributed by atoms with E-state index in [0.29, 0.717) is 44.3 Å². The number of aliphatic imine (C=N–C) groups is 1. The van der Waals surface area contributed by atoms with Crippen molar-refractivity contribution in [3.05, 3.63) is 0 Å². The Morgan fingerprint density at radius 2 is 1.62 bits per heavy atom. The minimum Gasteiger partial charge on any atom is -0.357 e. The Balaban J connectivity index is 0.00000420. The molecule has 2 heterocycles. The summed E-state index contributed by atoms with van der Waals surface area (Å²) in [6.07, 6.45) is 6.87. The van der Waals surface area contributed by atoms with Crippen molar-refractivity contribution < 1.29 is 9.59 Å². The maximum atomic E-state index is 11.9. The first kappa shape index (κ1) is 26.1. The number of guanidine groups is 1. The smallest absolute Gasteiger partial charge is 0.229 e. The van der Waals surface area contributed by atoms with Crippen molar-refractivity contribution in [2.45, 2.75) is 71.8 Å². The van der Waals surface area contributed by atoms with Crippen LogP contribution in [0.15, 0.2) is 4.99 Å². The summed E-state index contributed by atoms with van der Waals surface area (Å²) in [7, 11) is 0. The Labute approximate surface area is 193 Å². The highest BCUT2D eigenvalue weighted by molar-refractivity contribution is 14.0. The molecule has 1 unspecified atom stereocenters. The molecule has 2 aliphatic rings. The SMILES string of the molecule is CCNC(=NCC(C(C)C)N1CCCCCC1)NCCN1C(=O)CCCC1=O.I. The molecular formula is C21H40IN5O2. The summed E-state index contributed by atoms with van der Waals surface area (Å²) in [6.45, 7) is 11.4. The number of amides is 2. The molecule has 0 aliphatic carbocycles. The maximum Gasteiger partial charge on any atom is 0.229 e. The minimum absolute atomic E-state index is 0. The van der Waals surface area contributed by atoms with E-state index in [9.17, 15) is 9.59 Å². The van der Waals surface area contributed by atoms with Gasteiger partial charge in [-0.1, -0.05) is 26.7 Å². The number of nitrogens with zero attached hydrogens (tertiary/aromatic N) is 3. The fourth-order valence-electron chi connectivity index (χ4n) is 4.04. The number of hydrogen-bond acceptors (Lipinski definition) is 4. The predicted molar refractivity (Wildman–Crippen MR) is 129 cm³/mol. The molecule has 0 aromatic heterocycles. The number of halogens is 1. The van der Waals surface area contributed by atoms with Crippen LogP contribution < -0.4 is 10.6 Å². The van der Waals surface area contributed by atoms with Crippen LogP contribution in [0.2, 0.25) is 0 Å². The van der Waals surface area contributed by atoms with Gasteiger partial charge in [0.2, 0.25) is 11.8 Å². The molecule has 2 rings (SSSR count). The topological polar surface area (TPSA) is 77.0 Å². The molecule has 2 N–H and O–H groups in total. The van der Waals surface area contributed by atoms with E-state index in [1.165, 1.54) is 43.7 Å². The van der Waals surface area contributed by atoms with Gasteiger partial charge in [0, 0.05) is 38.5 Å². The van der Waals surface area contributed by atoms with Crippen molar-refractivity contribution in [2.75, 3.05) is 39.3 Å². The molecule has 29 heavy (non-hydrogen) atoms. The van der Waals surface area contributed by atoms with Crippen LogP contribution in [0, 0.1) is 5.92 Å². The summed E-state index contributed by atoms with van der Waals surface area (Å²) in [5, 5.41) is 6.58. The molecule has 0 radical (unpaired) electrons. The van der Waals surface area contributed by atoms with Crippen LogP contribution in [0.3, 0.4) is 0 Å². The van der Waals surface area contributed by atoms with E-state index >= 15 is 0 Å². The van der Waals surface area contributed by atoms with Gasteiger partial charge in [-0.25, -0.2) is 0 Å². The molecule has 0 spiro atoms. The Morgan fingerprint density at radius 1 is 1.00 bits per heavy atom. The van der Waals surface area contributed by atoms with Crippen molar-refractivity contribution in [3.8, 4) is 0 Å². The van der Waals surface area contributed by atoms with Gasteiger partial charge >= 0.3 is 0 Å². The van der Waals surface area contributed by atoms with Gasteiger partial charge in [-0.15, -0.1) is 24.0 Å². The number of rotatable bonds is 8. The number of nitrogens with one attached hydrogen (secondary N) is 2.